The van der Waals surface area contributed by atoms with Crippen molar-refractivity contribution < 1.29 is 32.3 Å². The highest BCUT2D eigenvalue weighted by Crippen LogP contribution is 2.44. The lowest BCUT2D eigenvalue weighted by atomic mass is 9.97. The topological polar surface area (TPSA) is 111 Å². The molecule has 12 heteroatoms. The summed E-state index contributed by atoms with van der Waals surface area (Å²) in [6, 6.07) is 3.46. The number of methoxy groups -OCH3 is 1. The molecule has 30 heavy (non-hydrogen) atoms. The number of carbonyl (C=O) groups is 2. The second kappa shape index (κ2) is 9.94. The number of rotatable bonds is 5. The van der Waals surface area contributed by atoms with Crippen molar-refractivity contribution in [3.63, 3.8) is 0 Å². The van der Waals surface area contributed by atoms with Gasteiger partial charge in [0.1, 0.15) is 4.75 Å². The number of nitrogens with one attached hydrogen (secondary N) is 1. The van der Waals surface area contributed by atoms with Gasteiger partial charge in [0.25, 0.3) is 0 Å². The van der Waals surface area contributed by atoms with Gasteiger partial charge in [0.15, 0.2) is 16.1 Å². The Kier molecular flexibility index (Phi) is 7.77. The SMILES string of the molecule is COC(=O)N1CCC(CC(=O)NOC2CCCCO2)(c2ccc(Br)s2)S(=O)(=O)CC1. The van der Waals surface area contributed by atoms with Crippen molar-refractivity contribution in [3.05, 3.63) is 20.8 Å². The molecule has 1 N–H and O–H groups in total. The number of carbonyl (C=O) groups excluding carboxylic acids is 2. The number of thiophene rings is 1. The van der Waals surface area contributed by atoms with E-state index in [1.807, 2.05) is 0 Å². The van der Waals surface area contributed by atoms with Crippen LogP contribution in [0.25, 0.3) is 0 Å². The molecular weight excluding hydrogens is 500 g/mol. The number of hydrogen-bond acceptors (Lipinski definition) is 8. The maximum Gasteiger partial charge on any atom is 0.409 e. The third-order valence-electron chi connectivity index (χ3n) is 5.35. The highest BCUT2D eigenvalue weighted by atomic mass is 79.9. The molecule has 2 unspecified atom stereocenters. The Hall–Kier alpha value is -1.21. The summed E-state index contributed by atoms with van der Waals surface area (Å²) in [6.07, 6.45) is 1.18. The predicted octanol–water partition coefficient (Wildman–Crippen LogP) is 2.56. The Morgan fingerprint density at radius 3 is 2.80 bits per heavy atom. The van der Waals surface area contributed by atoms with Crippen molar-refractivity contribution in [3.8, 4) is 0 Å². The Morgan fingerprint density at radius 2 is 2.17 bits per heavy atom. The maximum atomic E-state index is 13.4. The molecule has 168 valence electrons. The molecule has 3 heterocycles. The van der Waals surface area contributed by atoms with E-state index >= 15 is 0 Å². The summed E-state index contributed by atoms with van der Waals surface area (Å²) in [5.41, 5.74) is 2.36. The molecule has 0 radical (unpaired) electrons. The molecule has 0 spiro atoms. The Labute approximate surface area is 188 Å². The molecule has 0 saturated carbocycles. The third kappa shape index (κ3) is 5.16. The van der Waals surface area contributed by atoms with E-state index in [4.69, 9.17) is 14.3 Å². The lowest BCUT2D eigenvalue weighted by Gasteiger charge is -2.31. The molecule has 1 aromatic rings. The minimum absolute atomic E-state index is 0.0112. The van der Waals surface area contributed by atoms with Crippen LogP contribution in [0.4, 0.5) is 4.79 Å². The van der Waals surface area contributed by atoms with Gasteiger partial charge in [0.2, 0.25) is 5.91 Å². The molecule has 2 atom stereocenters. The first-order valence-electron chi connectivity index (χ1n) is 9.64. The van der Waals surface area contributed by atoms with Crippen LogP contribution >= 0.6 is 27.3 Å². The van der Waals surface area contributed by atoms with Crippen LogP contribution in [0.15, 0.2) is 15.9 Å². The summed E-state index contributed by atoms with van der Waals surface area (Å²) < 4.78 is 36.3. The lowest BCUT2D eigenvalue weighted by molar-refractivity contribution is -0.200. The van der Waals surface area contributed by atoms with Gasteiger partial charge in [-0.05, 0) is 47.3 Å². The fourth-order valence-corrected chi connectivity index (χ4v) is 7.66. The predicted molar refractivity (Wildman–Crippen MR) is 114 cm³/mol. The molecule has 0 bridgehead atoms. The first-order valence-corrected chi connectivity index (χ1v) is 12.9. The van der Waals surface area contributed by atoms with Crippen molar-refractivity contribution in [1.29, 1.82) is 0 Å². The molecule has 2 saturated heterocycles. The number of halogens is 1. The van der Waals surface area contributed by atoms with Gasteiger partial charge in [0.05, 0.1) is 23.1 Å². The number of hydrogen-bond donors (Lipinski definition) is 1. The Balaban J connectivity index is 1.83. The van der Waals surface area contributed by atoms with Gasteiger partial charge in [-0.2, -0.15) is 0 Å². The number of sulfone groups is 1. The summed E-state index contributed by atoms with van der Waals surface area (Å²) >= 11 is 4.64. The highest BCUT2D eigenvalue weighted by Gasteiger charge is 2.50. The van der Waals surface area contributed by atoms with Gasteiger partial charge in [-0.25, -0.2) is 23.5 Å². The minimum atomic E-state index is -3.78. The van der Waals surface area contributed by atoms with Crippen LogP contribution in [0.3, 0.4) is 0 Å². The number of nitrogens with zero attached hydrogens (tertiary/aromatic N) is 1. The van der Waals surface area contributed by atoms with Crippen molar-refractivity contribution in [2.75, 3.05) is 32.6 Å². The van der Waals surface area contributed by atoms with E-state index in [9.17, 15) is 18.0 Å². The van der Waals surface area contributed by atoms with Crippen molar-refractivity contribution in [2.45, 2.75) is 43.1 Å². The number of hydroxylamine groups is 1. The fraction of sp³-hybridized carbons (Fsp3) is 0.667. The minimum Gasteiger partial charge on any atom is -0.453 e. The van der Waals surface area contributed by atoms with Crippen molar-refractivity contribution in [1.82, 2.24) is 10.4 Å². The molecule has 0 aliphatic carbocycles. The largest absolute Gasteiger partial charge is 0.453 e. The van der Waals surface area contributed by atoms with Gasteiger partial charge in [-0.15, -0.1) is 11.3 Å². The first-order chi connectivity index (χ1) is 14.3. The van der Waals surface area contributed by atoms with E-state index in [1.54, 1.807) is 12.1 Å². The van der Waals surface area contributed by atoms with E-state index in [-0.39, 0.29) is 31.7 Å². The van der Waals surface area contributed by atoms with E-state index in [2.05, 4.69) is 21.4 Å². The fourth-order valence-electron chi connectivity index (χ4n) is 3.67. The average molecular weight is 525 g/mol. The molecule has 2 aliphatic heterocycles. The quantitative estimate of drug-likeness (QED) is 0.589. The van der Waals surface area contributed by atoms with Gasteiger partial charge in [0, 0.05) is 31.0 Å². The lowest BCUT2D eigenvalue weighted by Crippen LogP contribution is -2.43. The number of ether oxygens (including phenoxy) is 2. The van der Waals surface area contributed by atoms with Gasteiger partial charge in [-0.1, -0.05) is 0 Å². The van der Waals surface area contributed by atoms with Crippen LogP contribution in [-0.4, -0.2) is 64.2 Å². The standard InChI is InChI=1S/C18H25BrN2O7S2/c1-26-17(23)21-8-7-18(30(24,25)11-9-21,13-5-6-14(19)29-13)12-15(22)20-28-16-4-2-3-10-27-16/h5-6,16H,2-4,7-12H2,1H3,(H,20,22). The smallest absolute Gasteiger partial charge is 0.409 e. The van der Waals surface area contributed by atoms with Crippen LogP contribution in [0.1, 0.15) is 37.0 Å². The van der Waals surface area contributed by atoms with Crippen LogP contribution in [0.2, 0.25) is 0 Å². The van der Waals surface area contributed by atoms with Crippen LogP contribution in [0, 0.1) is 0 Å². The summed E-state index contributed by atoms with van der Waals surface area (Å²) in [6.45, 7) is 0.726. The van der Waals surface area contributed by atoms with Crippen molar-refractivity contribution in [2.24, 2.45) is 0 Å². The maximum absolute atomic E-state index is 13.4. The van der Waals surface area contributed by atoms with Crippen LogP contribution in [-0.2, 0) is 33.7 Å². The normalized spacial score (nSPS) is 26.6. The van der Waals surface area contributed by atoms with E-state index in [0.29, 0.717) is 17.9 Å². The monoisotopic (exact) mass is 524 g/mol. The summed E-state index contributed by atoms with van der Waals surface area (Å²) in [7, 11) is -2.53. The molecule has 9 nitrogen and oxygen atoms in total. The van der Waals surface area contributed by atoms with Gasteiger partial charge in [-0.3, -0.25) is 4.79 Å². The summed E-state index contributed by atoms with van der Waals surface area (Å²) in [4.78, 5) is 32.0. The molecule has 2 amide bonds. The average Bonchev–Trinajstić information content (AvgIpc) is 3.12. The highest BCUT2D eigenvalue weighted by molar-refractivity contribution is 9.11. The molecule has 2 aliphatic rings. The molecule has 3 rings (SSSR count). The molecule has 2 fully saturated rings. The molecule has 0 aromatic carbocycles. The summed E-state index contributed by atoms with van der Waals surface area (Å²) in [5.74, 6) is -0.818. The zero-order chi connectivity index (χ0) is 21.8. The zero-order valence-electron chi connectivity index (χ0n) is 16.6. The molecule has 1 aromatic heterocycles. The zero-order valence-corrected chi connectivity index (χ0v) is 19.8. The first kappa shape index (κ1) is 23.5. The second-order valence-electron chi connectivity index (χ2n) is 7.24. The van der Waals surface area contributed by atoms with Gasteiger partial charge >= 0.3 is 6.09 Å². The second-order valence-corrected chi connectivity index (χ2v) is 12.1. The number of amides is 2. The van der Waals surface area contributed by atoms with Crippen LogP contribution < -0.4 is 5.48 Å². The van der Waals surface area contributed by atoms with Gasteiger partial charge < -0.3 is 14.4 Å². The van der Waals surface area contributed by atoms with E-state index in [1.165, 1.54) is 23.3 Å². The van der Waals surface area contributed by atoms with Crippen molar-refractivity contribution >= 4 is 49.1 Å². The Morgan fingerprint density at radius 1 is 1.37 bits per heavy atom. The van der Waals surface area contributed by atoms with Crippen LogP contribution in [0.5, 0.6) is 0 Å². The van der Waals surface area contributed by atoms with E-state index in [0.717, 1.165) is 16.6 Å². The third-order valence-corrected chi connectivity index (χ3v) is 9.79. The Bertz CT molecular complexity index is 870. The molecular formula is C18H25BrN2O7S2. The summed E-state index contributed by atoms with van der Waals surface area (Å²) in [5, 5.41) is 0. The van der Waals surface area contributed by atoms with E-state index < -0.39 is 32.9 Å².